The number of carbonyl (C=O) groups is 3. The topological polar surface area (TPSA) is 117 Å². The van der Waals surface area contributed by atoms with Gasteiger partial charge in [0.25, 0.3) is 17.5 Å². The number of H-pyrrole nitrogens is 1. The zero-order valence-corrected chi connectivity index (χ0v) is 22.7. The van der Waals surface area contributed by atoms with E-state index < -0.39 is 59.9 Å². The van der Waals surface area contributed by atoms with E-state index >= 15 is 0 Å². The molecule has 0 saturated carbocycles. The number of alkyl halides is 5. The number of benzene rings is 1. The van der Waals surface area contributed by atoms with Crippen LogP contribution < -0.4 is 15.2 Å². The average molecular weight is 613 g/mol. The lowest BCUT2D eigenvalue weighted by molar-refractivity contribution is -0.921. The van der Waals surface area contributed by atoms with Crippen molar-refractivity contribution < 1.29 is 50.4 Å². The summed E-state index contributed by atoms with van der Waals surface area (Å²) in [6, 6.07) is 5.75. The van der Waals surface area contributed by atoms with Crippen molar-refractivity contribution in [3.05, 3.63) is 92.4 Å². The molecule has 2 amide bonds. The predicted molar refractivity (Wildman–Crippen MR) is 134 cm³/mol. The molecule has 4 rings (SSSR count). The van der Waals surface area contributed by atoms with Gasteiger partial charge in [0.2, 0.25) is 5.91 Å². The molecule has 0 radical (unpaired) electrons. The van der Waals surface area contributed by atoms with Gasteiger partial charge in [0.1, 0.15) is 17.2 Å². The Kier molecular flexibility index (Phi) is 8.59. The van der Waals surface area contributed by atoms with E-state index in [1.165, 1.54) is 38.2 Å². The van der Waals surface area contributed by atoms with Crippen LogP contribution in [-0.2, 0) is 21.9 Å². The normalized spacial score (nSPS) is 14.2. The highest BCUT2D eigenvalue weighted by Crippen LogP contribution is 2.29. The van der Waals surface area contributed by atoms with E-state index in [9.17, 15) is 45.5 Å². The first-order valence-corrected chi connectivity index (χ1v) is 12.7. The van der Waals surface area contributed by atoms with Gasteiger partial charge in [-0.3, -0.25) is 19.4 Å². The fourth-order valence-electron chi connectivity index (χ4n) is 4.37. The number of halogens is 6. The van der Waals surface area contributed by atoms with E-state index in [0.717, 1.165) is 28.1 Å². The minimum atomic E-state index is -5.37. The molecule has 0 unspecified atom stereocenters. The molecule has 1 aliphatic heterocycles. The number of aromatic nitrogens is 3. The summed E-state index contributed by atoms with van der Waals surface area (Å²) in [6.07, 6.45) is -3.37. The SMILES string of the molecule is Cc1c(C)c(=O)[nH][n+](OC(=O)C(F)(F)F)c1Cc1ccc(F)c(C(=O)N2CCN(CC(F)(F)c3cccnc3)C(=O)C2)c1. The minimum Gasteiger partial charge on any atom is -0.333 e. The summed E-state index contributed by atoms with van der Waals surface area (Å²) in [5, 5.41) is 2.01. The molecule has 1 aromatic carbocycles. The van der Waals surface area contributed by atoms with E-state index in [2.05, 4.69) is 9.82 Å². The van der Waals surface area contributed by atoms with Crippen LogP contribution in [0.3, 0.4) is 0 Å². The summed E-state index contributed by atoms with van der Waals surface area (Å²) in [4.78, 5) is 59.6. The number of hydrogen-bond donors (Lipinski definition) is 1. The molecule has 0 bridgehead atoms. The van der Waals surface area contributed by atoms with E-state index in [1.54, 1.807) is 0 Å². The molecule has 10 nitrogen and oxygen atoms in total. The van der Waals surface area contributed by atoms with Crippen LogP contribution in [0.4, 0.5) is 26.3 Å². The molecule has 1 N–H and O–H groups in total. The van der Waals surface area contributed by atoms with E-state index in [0.29, 0.717) is 0 Å². The van der Waals surface area contributed by atoms with E-state index in [-0.39, 0.29) is 52.3 Å². The molecular formula is C27H24F6N5O5+. The Labute approximate surface area is 239 Å². The summed E-state index contributed by atoms with van der Waals surface area (Å²) in [7, 11) is 0. The molecule has 3 aromatic rings. The highest BCUT2D eigenvalue weighted by Gasteiger charge is 2.46. The minimum absolute atomic E-state index is 0.0990. The summed E-state index contributed by atoms with van der Waals surface area (Å²) >= 11 is 0. The largest absolute Gasteiger partial charge is 0.498 e. The van der Waals surface area contributed by atoms with Gasteiger partial charge in [-0.05, 0) is 43.7 Å². The highest BCUT2D eigenvalue weighted by atomic mass is 19.4. The van der Waals surface area contributed by atoms with Crippen molar-refractivity contribution in [2.75, 3.05) is 26.2 Å². The van der Waals surface area contributed by atoms with Crippen LogP contribution in [0, 0.1) is 19.7 Å². The lowest BCUT2D eigenvalue weighted by Gasteiger charge is -2.36. The van der Waals surface area contributed by atoms with Crippen molar-refractivity contribution in [1.29, 1.82) is 0 Å². The van der Waals surface area contributed by atoms with Crippen LogP contribution in [0.25, 0.3) is 0 Å². The fraction of sp³-hybridized carbons (Fsp3) is 0.333. The quantitative estimate of drug-likeness (QED) is 0.323. The van der Waals surface area contributed by atoms with Crippen molar-refractivity contribution in [1.82, 2.24) is 19.9 Å². The number of amides is 2. The second-order valence-corrected chi connectivity index (χ2v) is 9.79. The molecule has 16 heteroatoms. The maximum atomic E-state index is 14.8. The molecule has 0 spiro atoms. The summed E-state index contributed by atoms with van der Waals surface area (Å²) in [6.45, 7) is 0.815. The Morgan fingerprint density at radius 3 is 2.42 bits per heavy atom. The molecule has 1 aliphatic rings. The van der Waals surface area contributed by atoms with Gasteiger partial charge in [-0.1, -0.05) is 11.2 Å². The number of pyridine rings is 1. The van der Waals surface area contributed by atoms with Crippen LogP contribution >= 0.6 is 0 Å². The molecule has 1 fully saturated rings. The molecular weight excluding hydrogens is 588 g/mol. The maximum absolute atomic E-state index is 14.8. The van der Waals surface area contributed by atoms with Gasteiger partial charge in [-0.25, -0.2) is 9.18 Å². The van der Waals surface area contributed by atoms with Crippen molar-refractivity contribution in [2.45, 2.75) is 32.4 Å². The lowest BCUT2D eigenvalue weighted by Crippen LogP contribution is -2.58. The van der Waals surface area contributed by atoms with Gasteiger partial charge >= 0.3 is 17.7 Å². The van der Waals surface area contributed by atoms with Crippen LogP contribution in [0.15, 0.2) is 47.5 Å². The third kappa shape index (κ3) is 6.84. The zero-order chi connectivity index (χ0) is 31.7. The third-order valence-electron chi connectivity index (χ3n) is 6.90. The first-order chi connectivity index (χ1) is 20.1. The van der Waals surface area contributed by atoms with Crippen LogP contribution in [0.2, 0.25) is 0 Å². The zero-order valence-electron chi connectivity index (χ0n) is 22.7. The molecule has 0 atom stereocenters. The molecule has 1 saturated heterocycles. The number of carbonyl (C=O) groups excluding carboxylic acids is 3. The lowest BCUT2D eigenvalue weighted by atomic mass is 10.0. The maximum Gasteiger partial charge on any atom is 0.498 e. The first kappa shape index (κ1) is 31.2. The van der Waals surface area contributed by atoms with Crippen molar-refractivity contribution in [3.63, 3.8) is 0 Å². The van der Waals surface area contributed by atoms with E-state index in [1.807, 2.05) is 5.10 Å². The van der Waals surface area contributed by atoms with E-state index in [4.69, 9.17) is 0 Å². The van der Waals surface area contributed by atoms with Gasteiger partial charge in [0.15, 0.2) is 0 Å². The van der Waals surface area contributed by atoms with Gasteiger partial charge in [0.05, 0.1) is 18.5 Å². The highest BCUT2D eigenvalue weighted by molar-refractivity contribution is 5.97. The predicted octanol–water partition coefficient (Wildman–Crippen LogP) is 2.00. The Bertz CT molecular complexity index is 1630. The van der Waals surface area contributed by atoms with Crippen LogP contribution in [0.1, 0.15) is 38.3 Å². The number of rotatable bonds is 7. The summed E-state index contributed by atoms with van der Waals surface area (Å²) in [5.74, 6) is -8.68. The number of aromatic amines is 1. The standard InChI is InChI=1S/C27H23F6N5O5/c1-15-16(2)23(40)35-38(43-25(42)27(31,32)33)21(15)11-17-5-6-20(28)19(10-17)24(41)36-8-9-37(22(39)13-36)14-26(29,30)18-4-3-7-34-12-18/h3-7,10,12H,8-9,11,13-14H2,1-2H3/p+1. The number of piperazine rings is 1. The second-order valence-electron chi connectivity index (χ2n) is 9.79. The van der Waals surface area contributed by atoms with Gasteiger partial charge in [-0.15, -0.1) is 0 Å². The van der Waals surface area contributed by atoms with Gasteiger partial charge in [0, 0.05) is 42.2 Å². The van der Waals surface area contributed by atoms with Crippen molar-refractivity contribution in [2.24, 2.45) is 0 Å². The van der Waals surface area contributed by atoms with Gasteiger partial charge in [-0.2, -0.15) is 26.8 Å². The Morgan fingerprint density at radius 2 is 1.79 bits per heavy atom. The second kappa shape index (κ2) is 11.9. The number of nitrogens with zero attached hydrogens (tertiary/aromatic N) is 4. The monoisotopic (exact) mass is 612 g/mol. The average Bonchev–Trinajstić information content (AvgIpc) is 2.95. The van der Waals surface area contributed by atoms with Crippen molar-refractivity contribution >= 4 is 17.8 Å². The molecule has 3 heterocycles. The number of nitrogens with one attached hydrogen (secondary N) is 1. The molecule has 228 valence electrons. The van der Waals surface area contributed by atoms with Gasteiger partial charge < -0.3 is 9.80 Å². The number of hydrogen-bond acceptors (Lipinski definition) is 6. The Balaban J connectivity index is 1.53. The van der Waals surface area contributed by atoms with Crippen LogP contribution in [0.5, 0.6) is 0 Å². The Morgan fingerprint density at radius 1 is 1.07 bits per heavy atom. The molecule has 43 heavy (non-hydrogen) atoms. The Hall–Kier alpha value is -4.76. The summed E-state index contributed by atoms with van der Waals surface area (Å²) in [5.41, 5.74) is -1.35. The third-order valence-corrected chi connectivity index (χ3v) is 6.90. The molecule has 2 aromatic heterocycles. The smallest absolute Gasteiger partial charge is 0.333 e. The molecule has 0 aliphatic carbocycles. The van der Waals surface area contributed by atoms with Crippen molar-refractivity contribution in [3.8, 4) is 0 Å². The van der Waals surface area contributed by atoms with Crippen LogP contribution in [-0.4, -0.2) is 70.0 Å². The summed E-state index contributed by atoms with van der Waals surface area (Å²) < 4.78 is 82.6. The first-order valence-electron chi connectivity index (χ1n) is 12.7. The fourth-order valence-corrected chi connectivity index (χ4v) is 4.37.